The highest BCUT2D eigenvalue weighted by molar-refractivity contribution is 7.15. The van der Waals surface area contributed by atoms with Crippen LogP contribution in [-0.4, -0.2) is 58.1 Å². The summed E-state index contributed by atoms with van der Waals surface area (Å²) in [5, 5.41) is 9.75. The molecule has 0 radical (unpaired) electrons. The molecule has 3 heterocycles. The van der Waals surface area contributed by atoms with Crippen molar-refractivity contribution in [3.05, 3.63) is 34.7 Å². The van der Waals surface area contributed by atoms with Gasteiger partial charge < -0.3 is 9.64 Å². The number of amides is 2. The Labute approximate surface area is 170 Å². The van der Waals surface area contributed by atoms with Gasteiger partial charge in [-0.05, 0) is 12.1 Å². The first-order valence-corrected chi connectivity index (χ1v) is 9.98. The van der Waals surface area contributed by atoms with Crippen molar-refractivity contribution in [3.8, 4) is 11.3 Å². The van der Waals surface area contributed by atoms with Crippen molar-refractivity contribution in [3.63, 3.8) is 0 Å². The number of likely N-dealkylation sites (tertiary alicyclic amines) is 1. The molecular weight excluding hydrogens is 402 g/mol. The van der Waals surface area contributed by atoms with Crippen LogP contribution in [0.1, 0.15) is 6.42 Å². The Morgan fingerprint density at radius 3 is 2.93 bits per heavy atom. The number of benzene rings is 1. The van der Waals surface area contributed by atoms with Gasteiger partial charge in [-0.3, -0.25) is 14.9 Å². The topological polar surface area (TPSA) is 88.8 Å². The molecule has 2 aromatic heterocycles. The number of fused-ring (bicyclic) bond motifs is 1. The second-order valence-electron chi connectivity index (χ2n) is 6.48. The summed E-state index contributed by atoms with van der Waals surface area (Å²) in [4.78, 5) is 31.3. The van der Waals surface area contributed by atoms with Gasteiger partial charge in [-0.15, -0.1) is 16.4 Å². The van der Waals surface area contributed by atoms with Crippen LogP contribution in [0.3, 0.4) is 0 Å². The lowest BCUT2D eigenvalue weighted by Crippen LogP contribution is -2.31. The van der Waals surface area contributed by atoms with Crippen molar-refractivity contribution >= 4 is 45.7 Å². The molecule has 1 unspecified atom stereocenters. The Balaban J connectivity index is 1.47. The summed E-state index contributed by atoms with van der Waals surface area (Å²) in [6, 6.07) is 7.43. The zero-order valence-corrected chi connectivity index (χ0v) is 16.7. The molecule has 0 aliphatic carbocycles. The number of halogens is 1. The Morgan fingerprint density at radius 1 is 1.39 bits per heavy atom. The number of ether oxygens (including phenoxy) is 1. The van der Waals surface area contributed by atoms with Gasteiger partial charge in [-0.25, -0.2) is 4.52 Å². The molecule has 3 aromatic rings. The number of hydrogen-bond acceptors (Lipinski definition) is 6. The minimum atomic E-state index is -0.415. The first-order valence-electron chi connectivity index (χ1n) is 8.73. The first-order chi connectivity index (χ1) is 13.5. The van der Waals surface area contributed by atoms with E-state index in [2.05, 4.69) is 15.4 Å². The highest BCUT2D eigenvalue weighted by atomic mass is 35.5. The van der Waals surface area contributed by atoms with Crippen LogP contribution < -0.4 is 5.32 Å². The van der Waals surface area contributed by atoms with Gasteiger partial charge in [0.15, 0.2) is 0 Å². The number of thiazole rings is 1. The SMILES string of the molecule is COCCN1CC(C(=O)Nc2nc3scc(-c4ccc(Cl)cc4)n3n2)CC1=O. The Morgan fingerprint density at radius 2 is 2.18 bits per heavy atom. The van der Waals surface area contributed by atoms with Crippen molar-refractivity contribution in [2.24, 2.45) is 5.92 Å². The normalized spacial score (nSPS) is 16.9. The largest absolute Gasteiger partial charge is 0.383 e. The molecule has 1 aromatic carbocycles. The highest BCUT2D eigenvalue weighted by Crippen LogP contribution is 2.27. The van der Waals surface area contributed by atoms with Gasteiger partial charge >= 0.3 is 0 Å². The molecule has 10 heteroatoms. The third-order valence-corrected chi connectivity index (χ3v) is 5.68. The summed E-state index contributed by atoms with van der Waals surface area (Å²) in [5.74, 6) is -0.475. The van der Waals surface area contributed by atoms with E-state index >= 15 is 0 Å². The van der Waals surface area contributed by atoms with E-state index in [4.69, 9.17) is 16.3 Å². The third-order valence-electron chi connectivity index (χ3n) is 4.61. The van der Waals surface area contributed by atoms with Crippen molar-refractivity contribution in [1.29, 1.82) is 0 Å². The maximum atomic E-state index is 12.5. The summed E-state index contributed by atoms with van der Waals surface area (Å²) >= 11 is 7.38. The molecule has 1 aliphatic heterocycles. The minimum absolute atomic E-state index is 0.0407. The van der Waals surface area contributed by atoms with E-state index < -0.39 is 5.92 Å². The summed E-state index contributed by atoms with van der Waals surface area (Å²) in [6.45, 7) is 1.32. The lowest BCUT2D eigenvalue weighted by molar-refractivity contribution is -0.128. The maximum absolute atomic E-state index is 12.5. The van der Waals surface area contributed by atoms with E-state index in [0.29, 0.717) is 29.7 Å². The minimum Gasteiger partial charge on any atom is -0.383 e. The standard InChI is InChI=1S/C18H18ClN5O3S/c1-27-7-6-23-9-12(8-15(23)25)16(26)20-17-21-18-24(22-17)14(10-28-18)11-2-4-13(19)5-3-11/h2-5,10,12H,6-9H2,1H3,(H,20,22,26). The lowest BCUT2D eigenvalue weighted by atomic mass is 10.1. The summed E-state index contributed by atoms with van der Waals surface area (Å²) in [7, 11) is 1.58. The fourth-order valence-corrected chi connectivity index (χ4v) is 4.09. The van der Waals surface area contributed by atoms with Crippen molar-refractivity contribution in [2.45, 2.75) is 6.42 Å². The molecule has 0 spiro atoms. The first kappa shape index (κ1) is 18.9. The molecule has 1 aliphatic rings. The van der Waals surface area contributed by atoms with Crippen LogP contribution in [-0.2, 0) is 14.3 Å². The van der Waals surface area contributed by atoms with Crippen LogP contribution >= 0.6 is 22.9 Å². The van der Waals surface area contributed by atoms with Gasteiger partial charge in [-0.1, -0.05) is 23.7 Å². The highest BCUT2D eigenvalue weighted by Gasteiger charge is 2.34. The van der Waals surface area contributed by atoms with Crippen molar-refractivity contribution in [1.82, 2.24) is 19.5 Å². The Bertz CT molecular complexity index is 1020. The van der Waals surface area contributed by atoms with Crippen LogP contribution in [0.25, 0.3) is 16.2 Å². The molecule has 0 saturated carbocycles. The fourth-order valence-electron chi connectivity index (χ4n) is 3.13. The number of rotatable bonds is 6. The summed E-state index contributed by atoms with van der Waals surface area (Å²) in [5.41, 5.74) is 1.82. The van der Waals surface area contributed by atoms with E-state index in [-0.39, 0.29) is 24.2 Å². The number of nitrogens with zero attached hydrogens (tertiary/aromatic N) is 4. The molecule has 28 heavy (non-hydrogen) atoms. The number of carbonyl (C=O) groups is 2. The molecule has 1 saturated heterocycles. The van der Waals surface area contributed by atoms with E-state index in [0.717, 1.165) is 11.3 Å². The number of carbonyl (C=O) groups excluding carboxylic acids is 2. The number of anilines is 1. The Kier molecular flexibility index (Phi) is 5.29. The van der Waals surface area contributed by atoms with Crippen molar-refractivity contribution in [2.75, 3.05) is 32.1 Å². The number of aromatic nitrogens is 3. The predicted octanol–water partition coefficient (Wildman–Crippen LogP) is 2.54. The number of methoxy groups -OCH3 is 1. The van der Waals surface area contributed by atoms with E-state index in [1.165, 1.54) is 11.3 Å². The zero-order chi connectivity index (χ0) is 19.7. The molecule has 1 N–H and O–H groups in total. The van der Waals surface area contributed by atoms with Gasteiger partial charge in [0.1, 0.15) is 0 Å². The van der Waals surface area contributed by atoms with E-state index in [9.17, 15) is 9.59 Å². The molecule has 1 atom stereocenters. The molecule has 8 nitrogen and oxygen atoms in total. The van der Waals surface area contributed by atoms with Crippen LogP contribution in [0.2, 0.25) is 5.02 Å². The number of hydrogen-bond donors (Lipinski definition) is 1. The average Bonchev–Trinajstić information content (AvgIpc) is 3.35. The molecule has 1 fully saturated rings. The van der Waals surface area contributed by atoms with Crippen LogP contribution in [0, 0.1) is 5.92 Å². The van der Waals surface area contributed by atoms with Crippen LogP contribution in [0.15, 0.2) is 29.6 Å². The second kappa shape index (κ2) is 7.86. The predicted molar refractivity (Wildman–Crippen MR) is 107 cm³/mol. The van der Waals surface area contributed by atoms with Gasteiger partial charge in [0.2, 0.25) is 22.7 Å². The van der Waals surface area contributed by atoms with Crippen molar-refractivity contribution < 1.29 is 14.3 Å². The van der Waals surface area contributed by atoms with Crippen LogP contribution in [0.4, 0.5) is 5.95 Å². The lowest BCUT2D eigenvalue weighted by Gasteiger charge is -2.15. The molecule has 0 bridgehead atoms. The van der Waals surface area contributed by atoms with E-state index in [1.807, 2.05) is 29.6 Å². The molecular formula is C18H18ClN5O3S. The molecule has 4 rings (SSSR count). The Hall–Kier alpha value is -2.49. The maximum Gasteiger partial charge on any atom is 0.250 e. The average molecular weight is 420 g/mol. The zero-order valence-electron chi connectivity index (χ0n) is 15.1. The van der Waals surface area contributed by atoms with Gasteiger partial charge in [0, 0.05) is 42.6 Å². The molecule has 146 valence electrons. The molecule has 2 amide bonds. The fraction of sp³-hybridized carbons (Fsp3) is 0.333. The third kappa shape index (κ3) is 3.73. The monoisotopic (exact) mass is 419 g/mol. The summed E-state index contributed by atoms with van der Waals surface area (Å²) in [6.07, 6.45) is 0.188. The smallest absolute Gasteiger partial charge is 0.250 e. The second-order valence-corrected chi connectivity index (χ2v) is 7.75. The van der Waals surface area contributed by atoms with Crippen LogP contribution in [0.5, 0.6) is 0 Å². The summed E-state index contributed by atoms with van der Waals surface area (Å²) < 4.78 is 6.69. The van der Waals surface area contributed by atoms with Gasteiger partial charge in [0.05, 0.1) is 18.2 Å². The van der Waals surface area contributed by atoms with E-state index in [1.54, 1.807) is 16.5 Å². The quantitative estimate of drug-likeness (QED) is 0.663. The van der Waals surface area contributed by atoms with Gasteiger partial charge in [-0.2, -0.15) is 4.98 Å². The van der Waals surface area contributed by atoms with Gasteiger partial charge in [0.25, 0.3) is 0 Å². The number of nitrogens with one attached hydrogen (secondary N) is 1.